The summed E-state index contributed by atoms with van der Waals surface area (Å²) in [5.74, 6) is 4.72. The van der Waals surface area contributed by atoms with Crippen LogP contribution >= 0.6 is 0 Å². The predicted octanol–water partition coefficient (Wildman–Crippen LogP) is -0.858. The summed E-state index contributed by atoms with van der Waals surface area (Å²) >= 11 is 0. The van der Waals surface area contributed by atoms with Gasteiger partial charge in [0.2, 0.25) is 0 Å². The molecule has 0 saturated heterocycles. The summed E-state index contributed by atoms with van der Waals surface area (Å²) in [6.07, 6.45) is 3.97. The zero-order valence-corrected chi connectivity index (χ0v) is 10.1. The average Bonchev–Trinajstić information content (AvgIpc) is 2.27. The molecule has 0 aliphatic heterocycles. The minimum absolute atomic E-state index is 0.0595. The van der Waals surface area contributed by atoms with Gasteiger partial charge in [-0.15, -0.1) is 0 Å². The van der Waals surface area contributed by atoms with Gasteiger partial charge in [0.1, 0.15) is 9.84 Å². The molecule has 0 bridgehead atoms. The number of hydrogen-bond acceptors (Lipinski definition) is 6. The van der Waals surface area contributed by atoms with Crippen molar-refractivity contribution in [2.45, 2.75) is 0 Å². The number of anilines is 1. The molecule has 0 aromatic carbocycles. The lowest BCUT2D eigenvalue weighted by molar-refractivity contribution is 0.0957. The molecule has 0 aliphatic carbocycles. The summed E-state index contributed by atoms with van der Waals surface area (Å²) in [6, 6.07) is 1.49. The lowest BCUT2D eigenvalue weighted by Gasteiger charge is -2.08. The number of carbonyl (C=O) groups excluding carboxylic acids is 1. The number of nitrogens with two attached hydrogens (primary N) is 1. The molecule has 0 unspecified atom stereocenters. The largest absolute Gasteiger partial charge is 0.351 e. The average molecular weight is 258 g/mol. The highest BCUT2D eigenvalue weighted by Gasteiger charge is 2.11. The van der Waals surface area contributed by atoms with Crippen LogP contribution in [-0.2, 0) is 9.84 Å². The van der Waals surface area contributed by atoms with Crippen LogP contribution in [0.1, 0.15) is 10.4 Å². The lowest BCUT2D eigenvalue weighted by Crippen LogP contribution is -2.29. The van der Waals surface area contributed by atoms with Crippen molar-refractivity contribution < 1.29 is 13.2 Å². The molecule has 0 atom stereocenters. The van der Waals surface area contributed by atoms with Gasteiger partial charge in [0.25, 0.3) is 5.91 Å². The summed E-state index contributed by atoms with van der Waals surface area (Å²) in [5.41, 5.74) is 3.04. The number of aromatic nitrogens is 1. The second-order valence-electron chi connectivity index (χ2n) is 3.45. The molecule has 1 heterocycles. The van der Waals surface area contributed by atoms with E-state index in [2.05, 4.69) is 15.7 Å². The Morgan fingerprint density at radius 3 is 2.82 bits per heavy atom. The van der Waals surface area contributed by atoms with E-state index in [0.717, 1.165) is 6.26 Å². The summed E-state index contributed by atoms with van der Waals surface area (Å²) in [6.45, 7) is 0.0595. The summed E-state index contributed by atoms with van der Waals surface area (Å²) in [4.78, 5) is 15.5. The van der Waals surface area contributed by atoms with Crippen molar-refractivity contribution in [1.29, 1.82) is 0 Å². The molecule has 0 saturated carbocycles. The van der Waals surface area contributed by atoms with Crippen LogP contribution in [0.5, 0.6) is 0 Å². The van der Waals surface area contributed by atoms with Crippen LogP contribution in [-0.4, -0.2) is 37.9 Å². The minimum Gasteiger partial charge on any atom is -0.351 e. The quantitative estimate of drug-likeness (QED) is 0.468. The molecule has 94 valence electrons. The van der Waals surface area contributed by atoms with Gasteiger partial charge in [-0.1, -0.05) is 0 Å². The maximum absolute atomic E-state index is 11.7. The molecular formula is C9H14N4O3S. The van der Waals surface area contributed by atoms with E-state index in [9.17, 15) is 13.2 Å². The molecule has 4 N–H and O–H groups in total. The lowest BCUT2D eigenvalue weighted by atomic mass is 10.2. The Morgan fingerprint density at radius 1 is 1.53 bits per heavy atom. The Hall–Kier alpha value is -1.67. The Kier molecular flexibility index (Phi) is 4.41. The number of nitrogens with zero attached hydrogens (tertiary/aromatic N) is 1. The maximum Gasteiger partial charge on any atom is 0.253 e. The monoisotopic (exact) mass is 258 g/mol. The third kappa shape index (κ3) is 4.37. The molecule has 0 radical (unpaired) electrons. The first-order valence-electron chi connectivity index (χ1n) is 4.80. The number of nitrogens with one attached hydrogen (secondary N) is 2. The Bertz CT molecular complexity index is 501. The van der Waals surface area contributed by atoms with Crippen molar-refractivity contribution in [3.8, 4) is 0 Å². The van der Waals surface area contributed by atoms with Gasteiger partial charge in [0.15, 0.2) is 0 Å². The molecule has 1 rings (SSSR count). The number of sulfone groups is 1. The van der Waals surface area contributed by atoms with E-state index in [1.165, 1.54) is 18.5 Å². The number of hydrogen-bond donors (Lipinski definition) is 3. The van der Waals surface area contributed by atoms with Gasteiger partial charge in [-0.3, -0.25) is 15.6 Å². The number of carbonyl (C=O) groups is 1. The third-order valence-corrected chi connectivity index (χ3v) is 2.93. The predicted molar refractivity (Wildman–Crippen MR) is 64.1 cm³/mol. The van der Waals surface area contributed by atoms with Gasteiger partial charge in [0, 0.05) is 19.0 Å². The van der Waals surface area contributed by atoms with Crippen LogP contribution in [0.25, 0.3) is 0 Å². The van der Waals surface area contributed by atoms with Crippen LogP contribution in [0.2, 0.25) is 0 Å². The molecule has 1 aromatic rings. The number of amides is 1. The highest BCUT2D eigenvalue weighted by molar-refractivity contribution is 7.90. The highest BCUT2D eigenvalue weighted by Crippen LogP contribution is 2.10. The summed E-state index contributed by atoms with van der Waals surface area (Å²) in [7, 11) is -3.09. The van der Waals surface area contributed by atoms with Gasteiger partial charge in [0.05, 0.1) is 23.2 Å². The van der Waals surface area contributed by atoms with Gasteiger partial charge in [-0.2, -0.15) is 0 Å². The standard InChI is InChI=1S/C9H14N4O3S/c1-17(15,16)5-4-12-9(14)7-2-3-11-6-8(7)13-10/h2-3,6,13H,4-5,10H2,1H3,(H,12,14). The molecule has 1 aromatic heterocycles. The van der Waals surface area contributed by atoms with Crippen molar-refractivity contribution in [2.24, 2.45) is 5.84 Å². The second kappa shape index (κ2) is 5.60. The van der Waals surface area contributed by atoms with Crippen molar-refractivity contribution in [2.75, 3.05) is 24.0 Å². The van der Waals surface area contributed by atoms with Gasteiger partial charge in [-0.05, 0) is 6.07 Å². The first kappa shape index (κ1) is 13.4. The van der Waals surface area contributed by atoms with E-state index >= 15 is 0 Å². The van der Waals surface area contributed by atoms with E-state index in [4.69, 9.17) is 5.84 Å². The molecule has 7 nitrogen and oxygen atoms in total. The maximum atomic E-state index is 11.7. The Balaban J connectivity index is 2.64. The van der Waals surface area contributed by atoms with E-state index in [0.29, 0.717) is 11.3 Å². The Morgan fingerprint density at radius 2 is 2.24 bits per heavy atom. The van der Waals surface area contributed by atoms with Crippen LogP contribution < -0.4 is 16.6 Å². The van der Waals surface area contributed by atoms with E-state index in [-0.39, 0.29) is 12.3 Å². The van der Waals surface area contributed by atoms with Crippen LogP contribution in [0.3, 0.4) is 0 Å². The SMILES string of the molecule is CS(=O)(=O)CCNC(=O)c1ccncc1NN. The number of hydrazine groups is 1. The summed E-state index contributed by atoms with van der Waals surface area (Å²) in [5, 5.41) is 2.49. The van der Waals surface area contributed by atoms with E-state index < -0.39 is 15.7 Å². The first-order chi connectivity index (χ1) is 7.94. The fraction of sp³-hybridized carbons (Fsp3) is 0.333. The fourth-order valence-electron chi connectivity index (χ4n) is 1.15. The molecule has 17 heavy (non-hydrogen) atoms. The smallest absolute Gasteiger partial charge is 0.253 e. The first-order valence-corrected chi connectivity index (χ1v) is 6.86. The van der Waals surface area contributed by atoms with Crippen LogP contribution in [0.4, 0.5) is 5.69 Å². The number of rotatable bonds is 5. The van der Waals surface area contributed by atoms with Crippen LogP contribution in [0.15, 0.2) is 18.5 Å². The van der Waals surface area contributed by atoms with Crippen molar-refractivity contribution in [3.05, 3.63) is 24.0 Å². The summed E-state index contributed by atoms with van der Waals surface area (Å²) < 4.78 is 21.8. The van der Waals surface area contributed by atoms with Crippen molar-refractivity contribution >= 4 is 21.4 Å². The molecule has 0 aliphatic rings. The van der Waals surface area contributed by atoms with E-state index in [1.807, 2.05) is 0 Å². The van der Waals surface area contributed by atoms with Crippen molar-refractivity contribution in [1.82, 2.24) is 10.3 Å². The van der Waals surface area contributed by atoms with Gasteiger partial charge in [-0.25, -0.2) is 8.42 Å². The molecule has 0 fully saturated rings. The Labute approximate surface area is 99.3 Å². The van der Waals surface area contributed by atoms with Gasteiger partial charge >= 0.3 is 0 Å². The fourth-order valence-corrected chi connectivity index (χ4v) is 1.63. The number of nitrogen functional groups attached to an aromatic ring is 1. The molecule has 0 spiro atoms. The third-order valence-electron chi connectivity index (χ3n) is 1.98. The normalized spacial score (nSPS) is 10.9. The van der Waals surface area contributed by atoms with E-state index in [1.54, 1.807) is 0 Å². The van der Waals surface area contributed by atoms with Crippen molar-refractivity contribution in [3.63, 3.8) is 0 Å². The van der Waals surface area contributed by atoms with Crippen LogP contribution in [0, 0.1) is 0 Å². The van der Waals surface area contributed by atoms with Gasteiger partial charge < -0.3 is 10.7 Å². The minimum atomic E-state index is -3.09. The second-order valence-corrected chi connectivity index (χ2v) is 5.71. The zero-order chi connectivity index (χ0) is 12.9. The molecular weight excluding hydrogens is 244 g/mol. The zero-order valence-electron chi connectivity index (χ0n) is 9.30. The topological polar surface area (TPSA) is 114 Å². The molecule has 8 heteroatoms. The molecule has 1 amide bonds. The number of pyridine rings is 1. The highest BCUT2D eigenvalue weighted by atomic mass is 32.2.